The third-order valence-corrected chi connectivity index (χ3v) is 4.33. The van der Waals surface area contributed by atoms with Gasteiger partial charge in [-0.3, -0.25) is 16.3 Å². The molecule has 0 fully saturated rings. The van der Waals surface area contributed by atoms with Crippen LogP contribution in [-0.2, 0) is 6.42 Å². The van der Waals surface area contributed by atoms with E-state index in [9.17, 15) is 0 Å². The Kier molecular flexibility index (Phi) is 3.65. The van der Waals surface area contributed by atoms with Crippen LogP contribution in [-0.4, -0.2) is 9.97 Å². The minimum absolute atomic E-state index is 0.131. The molecule has 3 N–H and O–H groups in total. The lowest BCUT2D eigenvalue weighted by molar-refractivity contribution is 0.560. The van der Waals surface area contributed by atoms with Gasteiger partial charge in [-0.05, 0) is 13.8 Å². The van der Waals surface area contributed by atoms with Crippen molar-refractivity contribution in [2.45, 2.75) is 26.3 Å². The third-order valence-electron chi connectivity index (χ3n) is 2.35. The molecule has 0 radical (unpaired) electrons. The van der Waals surface area contributed by atoms with Gasteiger partial charge in [-0.15, -0.1) is 22.7 Å². The van der Waals surface area contributed by atoms with E-state index in [1.54, 1.807) is 22.7 Å². The zero-order valence-corrected chi connectivity index (χ0v) is 10.9. The Morgan fingerprint density at radius 2 is 2.31 bits per heavy atom. The molecular weight excluding hydrogens is 240 g/mol. The summed E-state index contributed by atoms with van der Waals surface area (Å²) < 4.78 is 0. The molecule has 86 valence electrons. The van der Waals surface area contributed by atoms with Crippen LogP contribution in [0.4, 0.5) is 0 Å². The van der Waals surface area contributed by atoms with Gasteiger partial charge in [-0.2, -0.15) is 0 Å². The lowest BCUT2D eigenvalue weighted by Crippen LogP contribution is -2.29. The summed E-state index contributed by atoms with van der Waals surface area (Å²) in [4.78, 5) is 10.9. The Morgan fingerprint density at radius 3 is 2.81 bits per heavy atom. The average molecular weight is 254 g/mol. The van der Waals surface area contributed by atoms with E-state index >= 15 is 0 Å². The van der Waals surface area contributed by atoms with Crippen LogP contribution < -0.4 is 11.3 Å². The zero-order valence-electron chi connectivity index (χ0n) is 9.23. The van der Waals surface area contributed by atoms with Crippen LogP contribution in [0.3, 0.4) is 0 Å². The van der Waals surface area contributed by atoms with E-state index in [0.717, 1.165) is 17.1 Å². The van der Waals surface area contributed by atoms with E-state index in [1.807, 2.05) is 25.6 Å². The van der Waals surface area contributed by atoms with E-state index < -0.39 is 0 Å². The quantitative estimate of drug-likeness (QED) is 0.647. The number of rotatable bonds is 4. The van der Waals surface area contributed by atoms with Crippen LogP contribution in [0.1, 0.15) is 26.5 Å². The summed E-state index contributed by atoms with van der Waals surface area (Å²) in [6.07, 6.45) is 2.75. The van der Waals surface area contributed by atoms with Gasteiger partial charge in [0.15, 0.2) is 0 Å². The minimum atomic E-state index is 0.131. The number of thiazole rings is 2. The number of nitrogens with two attached hydrogens (primary N) is 1. The summed E-state index contributed by atoms with van der Waals surface area (Å²) in [7, 11) is 0. The number of hydrogen-bond acceptors (Lipinski definition) is 6. The second-order valence-electron chi connectivity index (χ2n) is 3.57. The summed E-state index contributed by atoms with van der Waals surface area (Å²) in [6, 6.07) is 0.131. The van der Waals surface area contributed by atoms with Gasteiger partial charge in [0.2, 0.25) is 0 Å². The molecule has 1 unspecified atom stereocenters. The second kappa shape index (κ2) is 5.01. The van der Waals surface area contributed by atoms with Crippen molar-refractivity contribution in [3.8, 4) is 0 Å². The first-order valence-corrected chi connectivity index (χ1v) is 6.67. The van der Waals surface area contributed by atoms with Crippen LogP contribution in [0.25, 0.3) is 0 Å². The number of nitrogens with zero attached hydrogens (tertiary/aromatic N) is 2. The van der Waals surface area contributed by atoms with Crippen LogP contribution in [0.15, 0.2) is 11.7 Å². The molecule has 0 spiro atoms. The lowest BCUT2D eigenvalue weighted by atomic mass is 10.1. The molecule has 0 bridgehead atoms. The van der Waals surface area contributed by atoms with E-state index in [2.05, 4.69) is 15.4 Å². The number of aromatic nitrogens is 2. The molecule has 0 saturated carbocycles. The van der Waals surface area contributed by atoms with Crippen molar-refractivity contribution in [2.75, 3.05) is 0 Å². The van der Waals surface area contributed by atoms with E-state index in [4.69, 9.17) is 5.84 Å². The van der Waals surface area contributed by atoms with Gasteiger partial charge in [0.1, 0.15) is 0 Å². The average Bonchev–Trinajstić information content (AvgIpc) is 2.85. The highest BCUT2D eigenvalue weighted by molar-refractivity contribution is 7.11. The van der Waals surface area contributed by atoms with E-state index in [-0.39, 0.29) is 6.04 Å². The molecule has 0 aliphatic heterocycles. The molecular formula is C10H14N4S2. The van der Waals surface area contributed by atoms with Crippen LogP contribution in [0, 0.1) is 13.8 Å². The first-order chi connectivity index (χ1) is 7.70. The highest BCUT2D eigenvalue weighted by Crippen LogP contribution is 2.27. The number of nitrogens with one attached hydrogen (secondary N) is 1. The molecule has 0 aliphatic rings. The fraction of sp³-hybridized carbons (Fsp3) is 0.400. The van der Waals surface area contributed by atoms with Gasteiger partial charge in [-0.25, -0.2) is 4.98 Å². The van der Waals surface area contributed by atoms with Crippen molar-refractivity contribution in [1.82, 2.24) is 15.4 Å². The maximum absolute atomic E-state index is 5.61. The molecule has 2 heterocycles. The lowest BCUT2D eigenvalue weighted by Gasteiger charge is -2.13. The fourth-order valence-electron chi connectivity index (χ4n) is 1.64. The molecule has 0 aliphatic carbocycles. The molecule has 2 rings (SSSR count). The van der Waals surface area contributed by atoms with Gasteiger partial charge < -0.3 is 0 Å². The first kappa shape index (κ1) is 11.7. The summed E-state index contributed by atoms with van der Waals surface area (Å²) in [5.74, 6) is 5.61. The summed E-state index contributed by atoms with van der Waals surface area (Å²) in [5, 5.41) is 1.08. The SMILES string of the molecule is Cc1nc(C)c(C(Cc2cncs2)NN)s1. The van der Waals surface area contributed by atoms with Crippen molar-refractivity contribution < 1.29 is 0 Å². The largest absolute Gasteiger partial charge is 0.271 e. The van der Waals surface area contributed by atoms with Crippen molar-refractivity contribution in [1.29, 1.82) is 0 Å². The molecule has 0 saturated heterocycles. The molecule has 16 heavy (non-hydrogen) atoms. The topological polar surface area (TPSA) is 63.8 Å². The van der Waals surface area contributed by atoms with Crippen molar-refractivity contribution in [2.24, 2.45) is 5.84 Å². The van der Waals surface area contributed by atoms with Gasteiger partial charge >= 0.3 is 0 Å². The normalized spacial score (nSPS) is 12.9. The number of aryl methyl sites for hydroxylation is 2. The second-order valence-corrected chi connectivity index (χ2v) is 5.78. The van der Waals surface area contributed by atoms with Crippen molar-refractivity contribution in [3.63, 3.8) is 0 Å². The van der Waals surface area contributed by atoms with Crippen LogP contribution in [0.5, 0.6) is 0 Å². The highest BCUT2D eigenvalue weighted by atomic mass is 32.1. The predicted octanol–water partition coefficient (Wildman–Crippen LogP) is 1.96. The standard InChI is InChI=1S/C10H14N4S2/c1-6-10(16-7(2)13-6)9(14-11)3-8-4-12-5-15-8/h4-5,9,14H,3,11H2,1-2H3. The molecule has 1 atom stereocenters. The molecule has 0 amide bonds. The zero-order chi connectivity index (χ0) is 11.5. The van der Waals surface area contributed by atoms with Crippen molar-refractivity contribution in [3.05, 3.63) is 32.2 Å². The molecule has 0 aromatic carbocycles. The van der Waals surface area contributed by atoms with E-state index in [1.165, 1.54) is 9.75 Å². The van der Waals surface area contributed by atoms with Gasteiger partial charge in [0.25, 0.3) is 0 Å². The van der Waals surface area contributed by atoms with Gasteiger partial charge in [0, 0.05) is 22.4 Å². The van der Waals surface area contributed by atoms with Crippen LogP contribution in [0.2, 0.25) is 0 Å². The smallest absolute Gasteiger partial charge is 0.0900 e. The predicted molar refractivity (Wildman–Crippen MR) is 67.5 cm³/mol. The third kappa shape index (κ3) is 2.46. The molecule has 2 aromatic heterocycles. The summed E-state index contributed by atoms with van der Waals surface area (Å²) >= 11 is 3.35. The minimum Gasteiger partial charge on any atom is -0.271 e. The maximum Gasteiger partial charge on any atom is 0.0900 e. The Balaban J connectivity index is 2.19. The monoisotopic (exact) mass is 254 g/mol. The Labute approximate surface area is 103 Å². The summed E-state index contributed by atoms with van der Waals surface area (Å²) in [5.41, 5.74) is 5.77. The Morgan fingerprint density at radius 1 is 1.50 bits per heavy atom. The Hall–Kier alpha value is -0.820. The van der Waals surface area contributed by atoms with Crippen molar-refractivity contribution >= 4 is 22.7 Å². The van der Waals surface area contributed by atoms with Gasteiger partial charge in [-0.1, -0.05) is 0 Å². The van der Waals surface area contributed by atoms with Gasteiger partial charge in [0.05, 0.1) is 22.3 Å². The first-order valence-electron chi connectivity index (χ1n) is 4.98. The molecule has 4 nitrogen and oxygen atoms in total. The fourth-order valence-corrected chi connectivity index (χ4v) is 3.27. The molecule has 2 aromatic rings. The Bertz CT molecular complexity index is 449. The highest BCUT2D eigenvalue weighted by Gasteiger charge is 2.17. The molecule has 6 heteroatoms. The number of hydrazine groups is 1. The number of hydrogen-bond donors (Lipinski definition) is 2. The maximum atomic E-state index is 5.61. The van der Waals surface area contributed by atoms with Crippen LogP contribution >= 0.6 is 22.7 Å². The summed E-state index contributed by atoms with van der Waals surface area (Å²) in [6.45, 7) is 4.04. The van der Waals surface area contributed by atoms with E-state index in [0.29, 0.717) is 0 Å².